The van der Waals surface area contributed by atoms with Crippen LogP contribution >= 0.6 is 11.8 Å². The van der Waals surface area contributed by atoms with Crippen LogP contribution in [0.5, 0.6) is 5.75 Å². The highest BCUT2D eigenvalue weighted by Gasteiger charge is 2.04. The van der Waals surface area contributed by atoms with Gasteiger partial charge in [0, 0.05) is 36.4 Å². The third-order valence-corrected chi connectivity index (χ3v) is 4.67. The molecule has 2 aromatic rings. The van der Waals surface area contributed by atoms with E-state index >= 15 is 0 Å². The maximum Gasteiger partial charge on any atom is 0.120 e. The van der Waals surface area contributed by atoms with Crippen LogP contribution in [0.4, 0.5) is 17.1 Å². The Kier molecular flexibility index (Phi) is 8.11. The first-order valence-corrected chi connectivity index (χ1v) is 9.35. The summed E-state index contributed by atoms with van der Waals surface area (Å²) in [6, 6.07) is 13.9. The molecule has 0 saturated carbocycles. The average Bonchev–Trinajstić information content (AvgIpc) is 2.69. The molecule has 7 heteroatoms. The Morgan fingerprint density at radius 1 is 1.23 bits per heavy atom. The summed E-state index contributed by atoms with van der Waals surface area (Å²) in [6.45, 7) is 3.71. The van der Waals surface area contributed by atoms with Gasteiger partial charge in [-0.25, -0.2) is 0 Å². The SMILES string of the molecule is CCN(CCO)c1ccc(N/N=C\Sc2cc(OC)ccc2NC)cc1. The van der Waals surface area contributed by atoms with E-state index in [1.54, 1.807) is 12.7 Å². The molecule has 2 aromatic carbocycles. The lowest BCUT2D eigenvalue weighted by Crippen LogP contribution is -2.25. The van der Waals surface area contributed by atoms with Gasteiger partial charge in [0.15, 0.2) is 0 Å². The van der Waals surface area contributed by atoms with Crippen molar-refractivity contribution in [3.8, 4) is 5.75 Å². The van der Waals surface area contributed by atoms with Crippen molar-refractivity contribution in [1.29, 1.82) is 0 Å². The van der Waals surface area contributed by atoms with Gasteiger partial charge in [-0.15, -0.1) is 0 Å². The Labute approximate surface area is 159 Å². The molecule has 140 valence electrons. The average molecular weight is 375 g/mol. The second kappa shape index (κ2) is 10.6. The molecule has 0 aliphatic heterocycles. The molecule has 0 aromatic heterocycles. The van der Waals surface area contributed by atoms with E-state index in [0.717, 1.165) is 34.3 Å². The molecule has 0 radical (unpaired) electrons. The van der Waals surface area contributed by atoms with E-state index in [1.165, 1.54) is 11.8 Å². The standard InChI is InChI=1S/C19H26N4O2S/c1-4-23(11-12-24)16-7-5-15(6-8-16)22-21-14-26-19-13-17(25-3)9-10-18(19)20-2/h5-10,13-14,20,22,24H,4,11-12H2,1-3H3/b21-14-. The Balaban J connectivity index is 1.94. The number of hydrogen-bond donors (Lipinski definition) is 3. The van der Waals surface area contributed by atoms with E-state index in [1.807, 2.05) is 49.5 Å². The molecule has 0 fully saturated rings. The number of aliphatic hydroxyl groups is 1. The number of thioether (sulfide) groups is 1. The zero-order valence-corrected chi connectivity index (χ0v) is 16.2. The summed E-state index contributed by atoms with van der Waals surface area (Å²) in [4.78, 5) is 3.15. The molecule has 0 heterocycles. The van der Waals surface area contributed by atoms with Gasteiger partial charge in [0.05, 0.1) is 25.0 Å². The number of nitrogens with zero attached hydrogens (tertiary/aromatic N) is 2. The van der Waals surface area contributed by atoms with Crippen LogP contribution in [-0.2, 0) is 0 Å². The Hall–Kier alpha value is -2.38. The van der Waals surface area contributed by atoms with E-state index in [0.29, 0.717) is 6.54 Å². The van der Waals surface area contributed by atoms with Crippen LogP contribution in [0.2, 0.25) is 0 Å². The maximum atomic E-state index is 9.10. The molecule has 2 rings (SSSR count). The van der Waals surface area contributed by atoms with Crippen LogP contribution in [0.1, 0.15) is 6.92 Å². The molecule has 3 N–H and O–H groups in total. The number of methoxy groups -OCH3 is 1. The molecule has 0 saturated heterocycles. The molecule has 0 atom stereocenters. The first-order valence-electron chi connectivity index (χ1n) is 8.47. The highest BCUT2D eigenvalue weighted by atomic mass is 32.2. The van der Waals surface area contributed by atoms with Crippen molar-refractivity contribution in [3.63, 3.8) is 0 Å². The van der Waals surface area contributed by atoms with Gasteiger partial charge in [0.25, 0.3) is 0 Å². The van der Waals surface area contributed by atoms with Crippen LogP contribution in [-0.4, -0.2) is 44.5 Å². The molecule has 0 aliphatic rings. The molecular weight excluding hydrogens is 348 g/mol. The third-order valence-electron chi connectivity index (χ3n) is 3.87. The fourth-order valence-corrected chi connectivity index (χ4v) is 3.16. The van der Waals surface area contributed by atoms with Crippen molar-refractivity contribution in [2.75, 3.05) is 49.5 Å². The van der Waals surface area contributed by atoms with E-state index < -0.39 is 0 Å². The van der Waals surface area contributed by atoms with Gasteiger partial charge < -0.3 is 20.1 Å². The highest BCUT2D eigenvalue weighted by molar-refractivity contribution is 8.12. The van der Waals surface area contributed by atoms with Gasteiger partial charge >= 0.3 is 0 Å². The fraction of sp³-hybridized carbons (Fsp3) is 0.316. The van der Waals surface area contributed by atoms with Crippen molar-refractivity contribution in [3.05, 3.63) is 42.5 Å². The number of benzene rings is 2. The number of hydrazone groups is 1. The summed E-state index contributed by atoms with van der Waals surface area (Å²) in [5.41, 5.74) is 7.80. The molecule has 0 spiro atoms. The van der Waals surface area contributed by atoms with Crippen LogP contribution in [0.15, 0.2) is 52.5 Å². The Morgan fingerprint density at radius 2 is 2.00 bits per heavy atom. The van der Waals surface area contributed by atoms with Gasteiger partial charge in [0.2, 0.25) is 0 Å². The second-order valence-electron chi connectivity index (χ2n) is 5.43. The van der Waals surface area contributed by atoms with Crippen molar-refractivity contribution in [2.24, 2.45) is 5.10 Å². The van der Waals surface area contributed by atoms with Crippen molar-refractivity contribution in [1.82, 2.24) is 0 Å². The third kappa shape index (κ3) is 5.57. The Morgan fingerprint density at radius 3 is 2.62 bits per heavy atom. The number of rotatable bonds is 10. The van der Waals surface area contributed by atoms with Crippen LogP contribution in [0, 0.1) is 0 Å². The van der Waals surface area contributed by atoms with Gasteiger partial charge in [-0.05, 0) is 49.4 Å². The predicted octanol–water partition coefficient (Wildman–Crippen LogP) is 3.70. The molecular formula is C19H26N4O2S. The molecule has 0 bridgehead atoms. The number of ether oxygens (including phenoxy) is 1. The first kappa shape index (κ1) is 19.9. The zero-order valence-electron chi connectivity index (χ0n) is 15.4. The van der Waals surface area contributed by atoms with Gasteiger partial charge in [-0.2, -0.15) is 5.10 Å². The summed E-state index contributed by atoms with van der Waals surface area (Å²) in [5, 5.41) is 16.5. The van der Waals surface area contributed by atoms with Crippen LogP contribution < -0.4 is 20.4 Å². The number of nitrogens with one attached hydrogen (secondary N) is 2. The molecule has 0 aliphatic carbocycles. The number of hydrogen-bond acceptors (Lipinski definition) is 7. The normalized spacial score (nSPS) is 10.8. The second-order valence-corrected chi connectivity index (χ2v) is 6.31. The summed E-state index contributed by atoms with van der Waals surface area (Å²) in [6.07, 6.45) is 0. The quantitative estimate of drug-likeness (QED) is 0.255. The van der Waals surface area contributed by atoms with E-state index in [2.05, 4.69) is 27.7 Å². The lowest BCUT2D eigenvalue weighted by atomic mass is 10.2. The first-order chi connectivity index (χ1) is 12.7. The van der Waals surface area contributed by atoms with Gasteiger partial charge in [-0.3, -0.25) is 5.43 Å². The van der Waals surface area contributed by atoms with E-state index in [-0.39, 0.29) is 6.61 Å². The Bertz CT molecular complexity index is 707. The summed E-state index contributed by atoms with van der Waals surface area (Å²) < 4.78 is 5.27. The molecule has 0 amide bonds. The van der Waals surface area contributed by atoms with Crippen LogP contribution in [0.25, 0.3) is 0 Å². The fourth-order valence-electron chi connectivity index (χ4n) is 2.45. The monoisotopic (exact) mass is 374 g/mol. The summed E-state index contributed by atoms with van der Waals surface area (Å²) in [7, 11) is 3.54. The minimum absolute atomic E-state index is 0.147. The van der Waals surface area contributed by atoms with Gasteiger partial charge in [0.1, 0.15) is 5.75 Å². The lowest BCUT2D eigenvalue weighted by molar-refractivity contribution is 0.302. The number of anilines is 3. The summed E-state index contributed by atoms with van der Waals surface area (Å²) >= 11 is 1.51. The highest BCUT2D eigenvalue weighted by Crippen LogP contribution is 2.29. The van der Waals surface area contributed by atoms with Crippen molar-refractivity contribution in [2.45, 2.75) is 11.8 Å². The molecule has 0 unspecified atom stereocenters. The topological polar surface area (TPSA) is 69.1 Å². The lowest BCUT2D eigenvalue weighted by Gasteiger charge is -2.22. The molecule has 6 nitrogen and oxygen atoms in total. The molecule has 26 heavy (non-hydrogen) atoms. The number of aliphatic hydroxyl groups excluding tert-OH is 1. The van der Waals surface area contributed by atoms with E-state index in [9.17, 15) is 0 Å². The van der Waals surface area contributed by atoms with Crippen molar-refractivity contribution < 1.29 is 9.84 Å². The smallest absolute Gasteiger partial charge is 0.120 e. The number of likely N-dealkylation sites (N-methyl/N-ethyl adjacent to an activating group) is 1. The zero-order chi connectivity index (χ0) is 18.8. The minimum Gasteiger partial charge on any atom is -0.497 e. The van der Waals surface area contributed by atoms with Crippen LogP contribution in [0.3, 0.4) is 0 Å². The maximum absolute atomic E-state index is 9.10. The van der Waals surface area contributed by atoms with E-state index in [4.69, 9.17) is 9.84 Å². The van der Waals surface area contributed by atoms with Crippen molar-refractivity contribution >= 4 is 34.4 Å². The van der Waals surface area contributed by atoms with Gasteiger partial charge in [-0.1, -0.05) is 11.8 Å². The largest absolute Gasteiger partial charge is 0.497 e. The summed E-state index contributed by atoms with van der Waals surface area (Å²) in [5.74, 6) is 0.812. The minimum atomic E-state index is 0.147. The predicted molar refractivity (Wildman–Crippen MR) is 112 cm³/mol.